The number of hydrogen-bond acceptors (Lipinski definition) is 6. The van der Waals surface area contributed by atoms with Gasteiger partial charge in [-0.1, -0.05) is 39.5 Å². The average Bonchev–Trinajstić information content (AvgIpc) is 3.00. The molecule has 2 rings (SSSR count). The molecule has 0 saturated heterocycles. The highest BCUT2D eigenvalue weighted by Crippen LogP contribution is 2.25. The van der Waals surface area contributed by atoms with Gasteiger partial charge in [-0.25, -0.2) is 14.6 Å². The second-order valence-electron chi connectivity index (χ2n) is 6.29. The maximum Gasteiger partial charge on any atom is 0.219 e. The van der Waals surface area contributed by atoms with Crippen LogP contribution in [0.15, 0.2) is 11.4 Å². The molecule has 0 unspecified atom stereocenters. The number of thioether (sulfide) groups is 1. The largest absolute Gasteiger partial charge is 0.369 e. The zero-order chi connectivity index (χ0) is 18.2. The van der Waals surface area contributed by atoms with E-state index in [0.29, 0.717) is 25.4 Å². The number of aromatic nitrogens is 4. The number of fused-ring (bicyclic) bond motifs is 1. The lowest BCUT2D eigenvalue weighted by Gasteiger charge is -2.11. The van der Waals surface area contributed by atoms with Crippen LogP contribution in [-0.4, -0.2) is 44.5 Å². The Morgan fingerprint density at radius 3 is 2.80 bits per heavy atom. The van der Waals surface area contributed by atoms with Crippen LogP contribution >= 0.6 is 11.8 Å². The number of carbonyl (C=O) groups is 1. The first-order chi connectivity index (χ1) is 12.0. The van der Waals surface area contributed by atoms with Crippen molar-refractivity contribution in [1.82, 2.24) is 25.1 Å². The lowest BCUT2D eigenvalue weighted by atomic mass is 10.2. The Balaban J connectivity index is 2.24. The standard InChI is InChI=1S/C17H28N6OS/c1-5-9-25-17-21-15(19-10-12(3)4)13-11-20-23(16(13)22-17)8-7-18-14(24)6-2/h11-12H,5-10H2,1-4H3,(H,18,24)(H,19,21,22). The van der Waals surface area contributed by atoms with Gasteiger partial charge in [-0.15, -0.1) is 0 Å². The third-order valence-electron chi connectivity index (χ3n) is 3.56. The van der Waals surface area contributed by atoms with Gasteiger partial charge in [0.2, 0.25) is 5.91 Å². The van der Waals surface area contributed by atoms with Crippen molar-refractivity contribution >= 4 is 34.5 Å². The molecule has 0 fully saturated rings. The normalized spacial score (nSPS) is 11.2. The fraction of sp³-hybridized carbons (Fsp3) is 0.647. The van der Waals surface area contributed by atoms with Crippen LogP contribution in [0.4, 0.5) is 5.82 Å². The van der Waals surface area contributed by atoms with E-state index in [1.54, 1.807) is 18.0 Å². The van der Waals surface area contributed by atoms with E-state index < -0.39 is 0 Å². The monoisotopic (exact) mass is 364 g/mol. The molecule has 2 heterocycles. The number of rotatable bonds is 10. The Kier molecular flexibility index (Phi) is 7.49. The van der Waals surface area contributed by atoms with Crippen molar-refractivity contribution in [2.24, 2.45) is 5.92 Å². The number of carbonyl (C=O) groups excluding carboxylic acids is 1. The van der Waals surface area contributed by atoms with Crippen molar-refractivity contribution < 1.29 is 4.79 Å². The summed E-state index contributed by atoms with van der Waals surface area (Å²) in [6.07, 6.45) is 3.36. The van der Waals surface area contributed by atoms with E-state index in [9.17, 15) is 4.79 Å². The first kappa shape index (κ1) is 19.5. The molecule has 2 aromatic rings. The van der Waals surface area contributed by atoms with E-state index >= 15 is 0 Å². The van der Waals surface area contributed by atoms with Crippen molar-refractivity contribution in [3.05, 3.63) is 6.20 Å². The van der Waals surface area contributed by atoms with E-state index in [1.807, 2.05) is 11.6 Å². The number of hydrogen-bond donors (Lipinski definition) is 2. The minimum atomic E-state index is 0.0459. The van der Waals surface area contributed by atoms with Crippen LogP contribution in [0.25, 0.3) is 11.0 Å². The topological polar surface area (TPSA) is 84.7 Å². The van der Waals surface area contributed by atoms with E-state index in [1.165, 1.54) is 0 Å². The zero-order valence-corrected chi connectivity index (χ0v) is 16.3. The highest BCUT2D eigenvalue weighted by atomic mass is 32.2. The minimum absolute atomic E-state index is 0.0459. The molecule has 0 aliphatic heterocycles. The van der Waals surface area contributed by atoms with Crippen LogP contribution < -0.4 is 10.6 Å². The number of nitrogens with one attached hydrogen (secondary N) is 2. The summed E-state index contributed by atoms with van der Waals surface area (Å²) in [6.45, 7) is 10.3. The zero-order valence-electron chi connectivity index (χ0n) is 15.5. The van der Waals surface area contributed by atoms with Gasteiger partial charge in [0.05, 0.1) is 18.1 Å². The highest BCUT2D eigenvalue weighted by Gasteiger charge is 2.13. The van der Waals surface area contributed by atoms with Crippen molar-refractivity contribution in [3.63, 3.8) is 0 Å². The molecule has 0 saturated carbocycles. The highest BCUT2D eigenvalue weighted by molar-refractivity contribution is 7.99. The van der Waals surface area contributed by atoms with Gasteiger partial charge < -0.3 is 10.6 Å². The van der Waals surface area contributed by atoms with Crippen LogP contribution in [-0.2, 0) is 11.3 Å². The summed E-state index contributed by atoms with van der Waals surface area (Å²) in [7, 11) is 0. The van der Waals surface area contributed by atoms with Crippen LogP contribution in [0.5, 0.6) is 0 Å². The van der Waals surface area contributed by atoms with Gasteiger partial charge in [-0.3, -0.25) is 4.79 Å². The summed E-state index contributed by atoms with van der Waals surface area (Å²) in [4.78, 5) is 20.7. The molecular formula is C17H28N6OS. The lowest BCUT2D eigenvalue weighted by molar-refractivity contribution is -0.120. The second kappa shape index (κ2) is 9.60. The Morgan fingerprint density at radius 1 is 1.32 bits per heavy atom. The molecule has 0 radical (unpaired) electrons. The summed E-state index contributed by atoms with van der Waals surface area (Å²) in [6, 6.07) is 0. The fourth-order valence-corrected chi connectivity index (χ4v) is 2.91. The first-order valence-electron chi connectivity index (χ1n) is 8.92. The van der Waals surface area contributed by atoms with E-state index in [-0.39, 0.29) is 5.91 Å². The third-order valence-corrected chi connectivity index (χ3v) is 4.61. The van der Waals surface area contributed by atoms with Gasteiger partial charge >= 0.3 is 0 Å². The van der Waals surface area contributed by atoms with E-state index in [4.69, 9.17) is 0 Å². The molecule has 0 bridgehead atoms. The summed E-state index contributed by atoms with van der Waals surface area (Å²) < 4.78 is 1.84. The lowest BCUT2D eigenvalue weighted by Crippen LogP contribution is -2.26. The smallest absolute Gasteiger partial charge is 0.219 e. The average molecular weight is 365 g/mol. The molecule has 0 atom stereocenters. The molecule has 25 heavy (non-hydrogen) atoms. The predicted octanol–water partition coefficient (Wildman–Crippen LogP) is 2.92. The molecule has 1 amide bonds. The Bertz CT molecular complexity index is 700. The summed E-state index contributed by atoms with van der Waals surface area (Å²) >= 11 is 1.66. The maximum absolute atomic E-state index is 11.4. The maximum atomic E-state index is 11.4. The van der Waals surface area contributed by atoms with E-state index in [2.05, 4.69) is 46.5 Å². The van der Waals surface area contributed by atoms with Crippen molar-refractivity contribution in [3.8, 4) is 0 Å². The van der Waals surface area contributed by atoms with Crippen LogP contribution in [0.3, 0.4) is 0 Å². The molecule has 2 aromatic heterocycles. The third kappa shape index (κ3) is 5.59. The van der Waals surface area contributed by atoms with Gasteiger partial charge in [0.1, 0.15) is 5.82 Å². The Labute approximate surface area is 153 Å². The van der Waals surface area contributed by atoms with Crippen molar-refractivity contribution in [2.45, 2.75) is 52.2 Å². The number of nitrogens with zero attached hydrogens (tertiary/aromatic N) is 4. The van der Waals surface area contributed by atoms with Gasteiger partial charge in [-0.05, 0) is 12.3 Å². The Hall–Kier alpha value is -1.83. The minimum Gasteiger partial charge on any atom is -0.369 e. The fourth-order valence-electron chi connectivity index (χ4n) is 2.22. The molecule has 0 aliphatic rings. The Morgan fingerprint density at radius 2 is 2.12 bits per heavy atom. The molecular weight excluding hydrogens is 336 g/mol. The summed E-state index contributed by atoms with van der Waals surface area (Å²) in [5.74, 6) is 2.39. The van der Waals surface area contributed by atoms with Gasteiger partial charge in [-0.2, -0.15) is 5.10 Å². The van der Waals surface area contributed by atoms with Gasteiger partial charge in [0.25, 0.3) is 0 Å². The number of amides is 1. The van der Waals surface area contributed by atoms with Crippen molar-refractivity contribution in [1.29, 1.82) is 0 Å². The quantitative estimate of drug-likeness (QED) is 0.498. The SMILES string of the molecule is CCCSc1nc(NCC(C)C)c2cnn(CCNC(=O)CC)c2n1. The summed E-state index contributed by atoms with van der Waals surface area (Å²) in [5.41, 5.74) is 0.811. The summed E-state index contributed by atoms with van der Waals surface area (Å²) in [5, 5.41) is 12.4. The first-order valence-corrected chi connectivity index (χ1v) is 9.90. The van der Waals surface area contributed by atoms with Crippen molar-refractivity contribution in [2.75, 3.05) is 24.2 Å². The van der Waals surface area contributed by atoms with E-state index in [0.717, 1.165) is 40.7 Å². The molecule has 0 spiro atoms. The van der Waals surface area contributed by atoms with Crippen LogP contribution in [0.1, 0.15) is 40.5 Å². The van der Waals surface area contributed by atoms with Crippen LogP contribution in [0, 0.1) is 5.92 Å². The van der Waals surface area contributed by atoms with Crippen LogP contribution in [0.2, 0.25) is 0 Å². The van der Waals surface area contributed by atoms with Gasteiger partial charge in [0, 0.05) is 25.3 Å². The van der Waals surface area contributed by atoms with Gasteiger partial charge in [0.15, 0.2) is 10.8 Å². The molecule has 2 N–H and O–H groups in total. The molecule has 8 heteroatoms. The predicted molar refractivity (Wildman–Crippen MR) is 103 cm³/mol. The molecule has 0 aliphatic carbocycles. The molecule has 138 valence electrons. The number of anilines is 1. The molecule has 0 aromatic carbocycles. The molecule has 7 nitrogen and oxygen atoms in total. The second-order valence-corrected chi connectivity index (χ2v) is 7.35.